The number of hydrogen-bond donors (Lipinski definition) is 2. The van der Waals surface area contributed by atoms with E-state index < -0.39 is 0 Å². The number of rotatable bonds is 7. The van der Waals surface area contributed by atoms with E-state index in [0.717, 1.165) is 12.2 Å². The van der Waals surface area contributed by atoms with Gasteiger partial charge in [0.1, 0.15) is 0 Å². The minimum Gasteiger partial charge on any atom is -0.325 e. The van der Waals surface area contributed by atoms with E-state index in [1.54, 1.807) is 0 Å². The second-order valence-electron chi connectivity index (χ2n) is 8.57. The highest BCUT2D eigenvalue weighted by Crippen LogP contribution is 2.24. The van der Waals surface area contributed by atoms with Crippen molar-refractivity contribution < 1.29 is 4.79 Å². The van der Waals surface area contributed by atoms with Gasteiger partial charge in [-0.25, -0.2) is 0 Å². The molecule has 4 nitrogen and oxygen atoms in total. The number of anilines is 1. The van der Waals surface area contributed by atoms with Gasteiger partial charge in [-0.3, -0.25) is 9.69 Å². The maximum absolute atomic E-state index is 12.4. The zero-order chi connectivity index (χ0) is 20.1. The average molecular weight is 392 g/mol. The Morgan fingerprint density at radius 2 is 1.69 bits per heavy atom. The summed E-state index contributed by atoms with van der Waals surface area (Å²) < 4.78 is 0. The van der Waals surface area contributed by atoms with Crippen LogP contribution in [-0.2, 0) is 24.2 Å². The zero-order valence-electron chi connectivity index (χ0n) is 17.5. The lowest BCUT2D eigenvalue weighted by Gasteiger charge is -2.20. The van der Waals surface area contributed by atoms with Gasteiger partial charge in [0.2, 0.25) is 5.91 Å². The van der Waals surface area contributed by atoms with Crippen molar-refractivity contribution in [3.8, 4) is 0 Å². The molecule has 2 aromatic rings. The number of amides is 1. The number of nitrogens with one attached hydrogen (secondary N) is 2. The molecule has 0 bridgehead atoms. The second-order valence-corrected chi connectivity index (χ2v) is 8.57. The third-order valence-corrected chi connectivity index (χ3v) is 6.28. The van der Waals surface area contributed by atoms with Gasteiger partial charge in [0.15, 0.2) is 0 Å². The molecule has 0 radical (unpaired) electrons. The van der Waals surface area contributed by atoms with E-state index in [1.165, 1.54) is 73.9 Å². The predicted molar refractivity (Wildman–Crippen MR) is 119 cm³/mol. The Morgan fingerprint density at radius 1 is 0.966 bits per heavy atom. The van der Waals surface area contributed by atoms with E-state index >= 15 is 0 Å². The van der Waals surface area contributed by atoms with E-state index in [4.69, 9.17) is 0 Å². The summed E-state index contributed by atoms with van der Waals surface area (Å²) in [5.74, 6) is 0.00195. The van der Waals surface area contributed by atoms with Crippen LogP contribution in [0.2, 0.25) is 0 Å². The zero-order valence-corrected chi connectivity index (χ0v) is 17.5. The van der Waals surface area contributed by atoms with Crippen LogP contribution < -0.4 is 10.6 Å². The Hall–Kier alpha value is -2.17. The number of hydrogen-bond acceptors (Lipinski definition) is 3. The molecule has 29 heavy (non-hydrogen) atoms. The summed E-state index contributed by atoms with van der Waals surface area (Å²) in [4.78, 5) is 14.8. The quantitative estimate of drug-likeness (QED) is 0.733. The molecule has 1 aliphatic heterocycles. The van der Waals surface area contributed by atoms with Crippen molar-refractivity contribution in [3.63, 3.8) is 0 Å². The van der Waals surface area contributed by atoms with Crippen LogP contribution in [0, 0.1) is 0 Å². The molecule has 1 atom stereocenters. The van der Waals surface area contributed by atoms with Crippen LogP contribution in [0.1, 0.15) is 60.9 Å². The molecule has 1 aliphatic carbocycles. The largest absolute Gasteiger partial charge is 0.325 e. The fourth-order valence-electron chi connectivity index (χ4n) is 4.48. The second kappa shape index (κ2) is 9.55. The number of carbonyl (C=O) groups is 1. The number of likely N-dealkylation sites (tertiary alicyclic amines) is 1. The Bertz CT molecular complexity index is 824. The van der Waals surface area contributed by atoms with Gasteiger partial charge in [-0.15, -0.1) is 0 Å². The molecule has 1 heterocycles. The first-order valence-corrected chi connectivity index (χ1v) is 11.1. The molecule has 0 spiro atoms. The molecule has 0 aromatic heterocycles. The van der Waals surface area contributed by atoms with Crippen LogP contribution in [0.25, 0.3) is 0 Å². The Balaban J connectivity index is 1.25. The first kappa shape index (κ1) is 20.1. The fourth-order valence-corrected chi connectivity index (χ4v) is 4.48. The first-order valence-electron chi connectivity index (χ1n) is 11.1. The number of carbonyl (C=O) groups excluding carboxylic acids is 1. The Labute approximate surface area is 174 Å². The summed E-state index contributed by atoms with van der Waals surface area (Å²) in [7, 11) is 0. The van der Waals surface area contributed by atoms with Gasteiger partial charge >= 0.3 is 0 Å². The van der Waals surface area contributed by atoms with Crippen LogP contribution in [0.5, 0.6) is 0 Å². The van der Waals surface area contributed by atoms with E-state index in [0.29, 0.717) is 6.54 Å². The molecule has 2 N–H and O–H groups in total. The lowest BCUT2D eigenvalue weighted by atomic mass is 9.89. The monoisotopic (exact) mass is 391 g/mol. The normalized spacial score (nSPS) is 17.7. The number of aryl methyl sites for hydroxylation is 2. The number of fused-ring (bicyclic) bond motifs is 1. The SMILES string of the molecule is CC(NCC(=O)Nc1ccc(CN2CCCC2)cc1)c1ccc2c(c1)CCCC2. The summed E-state index contributed by atoms with van der Waals surface area (Å²) in [6.45, 7) is 5.85. The number of benzene rings is 2. The highest BCUT2D eigenvalue weighted by atomic mass is 16.1. The smallest absolute Gasteiger partial charge is 0.238 e. The lowest BCUT2D eigenvalue weighted by Crippen LogP contribution is -2.30. The first-order chi connectivity index (χ1) is 14.2. The fraction of sp³-hybridized carbons (Fsp3) is 0.480. The van der Waals surface area contributed by atoms with Crippen molar-refractivity contribution in [3.05, 3.63) is 64.7 Å². The molecule has 2 aliphatic rings. The highest BCUT2D eigenvalue weighted by Gasteiger charge is 2.14. The summed E-state index contributed by atoms with van der Waals surface area (Å²) >= 11 is 0. The molecule has 1 saturated heterocycles. The molecule has 154 valence electrons. The third kappa shape index (κ3) is 5.46. The summed E-state index contributed by atoms with van der Waals surface area (Å²) in [6.07, 6.45) is 7.61. The maximum Gasteiger partial charge on any atom is 0.238 e. The molecule has 0 saturated carbocycles. The standard InChI is InChI=1S/C25H33N3O/c1-19(22-11-10-21-6-2-3-7-23(21)16-22)26-17-25(29)27-24-12-8-20(9-13-24)18-28-14-4-5-15-28/h8-13,16,19,26H,2-7,14-15,17-18H2,1H3,(H,27,29). The van der Waals surface area contributed by atoms with Gasteiger partial charge in [-0.1, -0.05) is 30.3 Å². The minimum atomic E-state index is 0.00195. The van der Waals surface area contributed by atoms with Gasteiger partial charge in [0.25, 0.3) is 0 Å². The third-order valence-electron chi connectivity index (χ3n) is 6.28. The Morgan fingerprint density at radius 3 is 2.45 bits per heavy atom. The van der Waals surface area contributed by atoms with Gasteiger partial charge < -0.3 is 10.6 Å². The summed E-state index contributed by atoms with van der Waals surface area (Å²) in [6, 6.07) is 15.2. The van der Waals surface area contributed by atoms with Crippen LogP contribution >= 0.6 is 0 Å². The highest BCUT2D eigenvalue weighted by molar-refractivity contribution is 5.92. The van der Waals surface area contributed by atoms with Gasteiger partial charge in [0, 0.05) is 18.3 Å². The van der Waals surface area contributed by atoms with Crippen LogP contribution in [-0.4, -0.2) is 30.4 Å². The molecular weight excluding hydrogens is 358 g/mol. The van der Waals surface area contributed by atoms with Gasteiger partial charge in [0.05, 0.1) is 6.54 Å². The minimum absolute atomic E-state index is 0.00195. The van der Waals surface area contributed by atoms with E-state index in [9.17, 15) is 4.79 Å². The van der Waals surface area contributed by atoms with Crippen LogP contribution in [0.15, 0.2) is 42.5 Å². The molecule has 2 aromatic carbocycles. The van der Waals surface area contributed by atoms with Crippen LogP contribution in [0.4, 0.5) is 5.69 Å². The topological polar surface area (TPSA) is 44.4 Å². The van der Waals surface area contributed by atoms with Gasteiger partial charge in [-0.05, 0) is 92.9 Å². The molecule has 1 unspecified atom stereocenters. The van der Waals surface area contributed by atoms with E-state index in [2.05, 4.69) is 52.8 Å². The Kier molecular flexibility index (Phi) is 6.63. The van der Waals surface area contributed by atoms with Crippen molar-refractivity contribution in [2.75, 3.05) is 25.0 Å². The van der Waals surface area contributed by atoms with Crippen molar-refractivity contribution >= 4 is 11.6 Å². The lowest BCUT2D eigenvalue weighted by molar-refractivity contribution is -0.115. The number of nitrogens with zero attached hydrogens (tertiary/aromatic N) is 1. The summed E-state index contributed by atoms with van der Waals surface area (Å²) in [5.41, 5.74) is 6.43. The van der Waals surface area contributed by atoms with E-state index in [1.807, 2.05) is 12.1 Å². The van der Waals surface area contributed by atoms with Crippen molar-refractivity contribution in [1.82, 2.24) is 10.2 Å². The van der Waals surface area contributed by atoms with E-state index in [-0.39, 0.29) is 11.9 Å². The van der Waals surface area contributed by atoms with Crippen LogP contribution in [0.3, 0.4) is 0 Å². The molecule has 4 rings (SSSR count). The molecular formula is C25H33N3O. The molecule has 4 heteroatoms. The average Bonchev–Trinajstić information content (AvgIpc) is 3.26. The van der Waals surface area contributed by atoms with Crippen molar-refractivity contribution in [2.24, 2.45) is 0 Å². The van der Waals surface area contributed by atoms with Gasteiger partial charge in [-0.2, -0.15) is 0 Å². The molecule has 1 fully saturated rings. The predicted octanol–water partition coefficient (Wildman–Crippen LogP) is 4.45. The maximum atomic E-state index is 12.4. The van der Waals surface area contributed by atoms with Crippen molar-refractivity contribution in [2.45, 2.75) is 58.0 Å². The molecule has 1 amide bonds. The van der Waals surface area contributed by atoms with Crippen molar-refractivity contribution in [1.29, 1.82) is 0 Å². The summed E-state index contributed by atoms with van der Waals surface area (Å²) in [5, 5.41) is 6.37.